The third kappa shape index (κ3) is 6.31. The molecular formula is C15H17F3N2O3S. The molecule has 5 nitrogen and oxygen atoms in total. The second-order valence-electron chi connectivity index (χ2n) is 5.18. The van der Waals surface area contributed by atoms with Gasteiger partial charge < -0.3 is 15.0 Å². The number of halogens is 3. The summed E-state index contributed by atoms with van der Waals surface area (Å²) in [6.45, 7) is -0.0181. The van der Waals surface area contributed by atoms with E-state index in [0.717, 1.165) is 11.3 Å². The quantitative estimate of drug-likeness (QED) is 0.810. The van der Waals surface area contributed by atoms with Crippen LogP contribution in [0.1, 0.15) is 12.0 Å². The first kappa shape index (κ1) is 18.4. The fraction of sp³-hybridized carbons (Fsp3) is 0.467. The number of hydrogen-bond acceptors (Lipinski definition) is 4. The highest BCUT2D eigenvalue weighted by Gasteiger charge is 2.28. The van der Waals surface area contributed by atoms with E-state index < -0.39 is 12.8 Å². The molecule has 0 bridgehead atoms. The number of hydrogen-bond donors (Lipinski definition) is 1. The third-order valence-corrected chi connectivity index (χ3v) is 4.16. The molecule has 0 atom stereocenters. The Morgan fingerprint density at radius 3 is 2.58 bits per heavy atom. The zero-order valence-electron chi connectivity index (χ0n) is 12.8. The minimum Gasteiger partial charge on any atom is -0.484 e. The van der Waals surface area contributed by atoms with Gasteiger partial charge >= 0.3 is 6.18 Å². The predicted octanol–water partition coefficient (Wildman–Crippen LogP) is 2.80. The van der Waals surface area contributed by atoms with Gasteiger partial charge in [-0.25, -0.2) is 0 Å². The van der Waals surface area contributed by atoms with Crippen molar-refractivity contribution in [1.82, 2.24) is 10.2 Å². The third-order valence-electron chi connectivity index (χ3n) is 3.27. The van der Waals surface area contributed by atoms with Gasteiger partial charge in [-0.2, -0.15) is 13.2 Å². The van der Waals surface area contributed by atoms with E-state index in [1.165, 1.54) is 23.9 Å². The van der Waals surface area contributed by atoms with Crippen LogP contribution in [0.25, 0.3) is 0 Å². The normalized spacial score (nSPS) is 14.8. The summed E-state index contributed by atoms with van der Waals surface area (Å²) in [5.74, 6) is 0.688. The largest absolute Gasteiger partial charge is 0.484 e. The summed E-state index contributed by atoms with van der Waals surface area (Å²) in [7, 11) is 0. The van der Waals surface area contributed by atoms with Crippen LogP contribution < -0.4 is 10.1 Å². The van der Waals surface area contributed by atoms with Crippen LogP contribution in [0.2, 0.25) is 0 Å². The molecule has 1 aromatic rings. The van der Waals surface area contributed by atoms with Crippen LogP contribution in [0.15, 0.2) is 24.3 Å². The van der Waals surface area contributed by atoms with Gasteiger partial charge in [0, 0.05) is 31.8 Å². The molecule has 0 aliphatic carbocycles. The number of rotatable bonds is 7. The van der Waals surface area contributed by atoms with Crippen molar-refractivity contribution in [1.29, 1.82) is 0 Å². The molecule has 132 valence electrons. The van der Waals surface area contributed by atoms with E-state index in [1.807, 2.05) is 0 Å². The van der Waals surface area contributed by atoms with Crippen molar-refractivity contribution in [3.8, 4) is 5.75 Å². The lowest BCUT2D eigenvalue weighted by molar-refractivity contribution is -0.153. The summed E-state index contributed by atoms with van der Waals surface area (Å²) in [5.41, 5.74) is 0.746. The molecule has 24 heavy (non-hydrogen) atoms. The van der Waals surface area contributed by atoms with Crippen molar-refractivity contribution >= 4 is 22.9 Å². The fourth-order valence-electron chi connectivity index (χ4n) is 2.02. The van der Waals surface area contributed by atoms with Gasteiger partial charge in [-0.15, -0.1) is 0 Å². The van der Waals surface area contributed by atoms with Crippen LogP contribution in [-0.4, -0.2) is 47.7 Å². The van der Waals surface area contributed by atoms with Crippen molar-refractivity contribution in [3.05, 3.63) is 29.8 Å². The number of carbonyl (C=O) groups is 2. The molecule has 0 unspecified atom stereocenters. The number of alkyl halides is 3. The molecule has 0 radical (unpaired) electrons. The summed E-state index contributed by atoms with van der Waals surface area (Å²) in [6, 6.07) is 6.03. The molecule has 2 rings (SSSR count). The Morgan fingerprint density at radius 2 is 2.00 bits per heavy atom. The molecule has 9 heteroatoms. The van der Waals surface area contributed by atoms with Crippen molar-refractivity contribution in [3.63, 3.8) is 0 Å². The molecule has 0 saturated carbocycles. The molecule has 1 heterocycles. The standard InChI is InChI=1S/C15H17F3N2O3S/c16-15(17,18)10-23-12-3-1-11(2-4-12)9-19-13(21)5-6-20-7-8-24-14(20)22/h1-4H,5-10H2,(H,19,21). The van der Waals surface area contributed by atoms with Crippen molar-refractivity contribution in [2.75, 3.05) is 25.4 Å². The fourth-order valence-corrected chi connectivity index (χ4v) is 2.87. The number of carbonyl (C=O) groups excluding carboxylic acids is 2. The van der Waals surface area contributed by atoms with Gasteiger partial charge in [0.1, 0.15) is 5.75 Å². The molecule has 0 aromatic heterocycles. The van der Waals surface area contributed by atoms with E-state index in [0.29, 0.717) is 13.1 Å². The number of nitrogens with zero attached hydrogens (tertiary/aromatic N) is 1. The Morgan fingerprint density at radius 1 is 1.29 bits per heavy atom. The van der Waals surface area contributed by atoms with E-state index >= 15 is 0 Å². The minimum absolute atomic E-state index is 0.00255. The molecule has 1 aliphatic heterocycles. The van der Waals surface area contributed by atoms with E-state index in [4.69, 9.17) is 0 Å². The van der Waals surface area contributed by atoms with Gasteiger partial charge in [-0.3, -0.25) is 9.59 Å². The van der Waals surface area contributed by atoms with Crippen molar-refractivity contribution in [2.45, 2.75) is 19.1 Å². The maximum atomic E-state index is 12.0. The van der Waals surface area contributed by atoms with Crippen LogP contribution >= 0.6 is 11.8 Å². The van der Waals surface area contributed by atoms with Crippen LogP contribution in [0.5, 0.6) is 5.75 Å². The molecule has 2 amide bonds. The predicted molar refractivity (Wildman–Crippen MR) is 83.9 cm³/mol. The first-order valence-corrected chi connectivity index (χ1v) is 8.29. The van der Waals surface area contributed by atoms with Gasteiger partial charge in [0.25, 0.3) is 5.24 Å². The molecule has 1 fully saturated rings. The monoisotopic (exact) mass is 362 g/mol. The average Bonchev–Trinajstić information content (AvgIpc) is 2.94. The van der Waals surface area contributed by atoms with E-state index in [1.54, 1.807) is 17.0 Å². The van der Waals surface area contributed by atoms with Crippen molar-refractivity contribution < 1.29 is 27.5 Å². The number of ether oxygens (including phenoxy) is 1. The van der Waals surface area contributed by atoms with Crippen LogP contribution in [0.3, 0.4) is 0 Å². The SMILES string of the molecule is O=C(CCN1CCSC1=O)NCc1ccc(OCC(F)(F)F)cc1. The number of amides is 2. The first-order valence-electron chi connectivity index (χ1n) is 7.30. The Bertz CT molecular complexity index is 578. The lowest BCUT2D eigenvalue weighted by atomic mass is 10.2. The smallest absolute Gasteiger partial charge is 0.422 e. The molecule has 1 saturated heterocycles. The first-order chi connectivity index (χ1) is 11.3. The van der Waals surface area contributed by atoms with Gasteiger partial charge in [0.15, 0.2) is 6.61 Å². The summed E-state index contributed by atoms with van der Waals surface area (Å²) >= 11 is 1.25. The second kappa shape index (κ2) is 8.27. The average molecular weight is 362 g/mol. The summed E-state index contributed by atoms with van der Waals surface area (Å²) in [4.78, 5) is 24.8. The highest BCUT2D eigenvalue weighted by Crippen LogP contribution is 2.19. The molecule has 1 aromatic carbocycles. The number of nitrogens with one attached hydrogen (secondary N) is 1. The van der Waals surface area contributed by atoms with Gasteiger partial charge in [0.2, 0.25) is 5.91 Å². The Hall–Kier alpha value is -1.90. The maximum Gasteiger partial charge on any atom is 0.422 e. The number of benzene rings is 1. The van der Waals surface area contributed by atoms with E-state index in [2.05, 4.69) is 10.1 Å². The number of thioether (sulfide) groups is 1. The van der Waals surface area contributed by atoms with Crippen LogP contribution in [0.4, 0.5) is 18.0 Å². The molecule has 0 spiro atoms. The molecule has 1 aliphatic rings. The Balaban J connectivity index is 1.69. The minimum atomic E-state index is -4.37. The Kier molecular flexibility index (Phi) is 6.36. The topological polar surface area (TPSA) is 58.6 Å². The van der Waals surface area contributed by atoms with Crippen LogP contribution in [-0.2, 0) is 11.3 Å². The lowest BCUT2D eigenvalue weighted by Gasteiger charge is -2.14. The zero-order valence-corrected chi connectivity index (χ0v) is 13.6. The van der Waals surface area contributed by atoms with E-state index in [-0.39, 0.29) is 29.9 Å². The highest BCUT2D eigenvalue weighted by molar-refractivity contribution is 8.13. The summed E-state index contributed by atoms with van der Waals surface area (Å²) < 4.78 is 40.7. The van der Waals surface area contributed by atoms with Crippen LogP contribution in [0, 0.1) is 0 Å². The summed E-state index contributed by atoms with van der Waals surface area (Å²) in [6.07, 6.45) is -4.15. The highest BCUT2D eigenvalue weighted by atomic mass is 32.2. The van der Waals surface area contributed by atoms with Gasteiger partial charge in [-0.1, -0.05) is 23.9 Å². The Labute approximate surface area is 141 Å². The van der Waals surface area contributed by atoms with E-state index in [9.17, 15) is 22.8 Å². The molecular weight excluding hydrogens is 345 g/mol. The maximum absolute atomic E-state index is 12.0. The molecule has 1 N–H and O–H groups in total. The lowest BCUT2D eigenvalue weighted by Crippen LogP contribution is -2.30. The van der Waals surface area contributed by atoms with Crippen molar-refractivity contribution in [2.24, 2.45) is 0 Å². The van der Waals surface area contributed by atoms with Gasteiger partial charge in [0.05, 0.1) is 0 Å². The summed E-state index contributed by atoms with van der Waals surface area (Å²) in [5, 5.41) is 2.71. The zero-order chi connectivity index (χ0) is 17.6. The second-order valence-corrected chi connectivity index (χ2v) is 6.22. The van der Waals surface area contributed by atoms with Gasteiger partial charge in [-0.05, 0) is 17.7 Å².